The zero-order valence-electron chi connectivity index (χ0n) is 11.8. The fraction of sp³-hybridized carbons (Fsp3) is 0.188. The fourth-order valence-electron chi connectivity index (χ4n) is 1.70. The highest BCUT2D eigenvalue weighted by Gasteiger charge is 2.10. The molecule has 1 aromatic heterocycles. The molecule has 0 saturated carbocycles. The van der Waals surface area contributed by atoms with Crippen LogP contribution in [-0.4, -0.2) is 17.0 Å². The fourth-order valence-corrected chi connectivity index (χ4v) is 1.70. The van der Waals surface area contributed by atoms with Crippen molar-refractivity contribution in [2.24, 2.45) is 0 Å². The Bertz CT molecular complexity index is 624. The van der Waals surface area contributed by atoms with Gasteiger partial charge in [-0.15, -0.1) is 0 Å². The number of hydrogen-bond acceptors (Lipinski definition) is 3. The molecule has 0 radical (unpaired) electrons. The van der Waals surface area contributed by atoms with Gasteiger partial charge < -0.3 is 0 Å². The SMILES string of the molecule is CC.Cc1cc(C=O)cnc1C(=N)c1cccc(F)c1. The zero-order chi connectivity index (χ0) is 15.1. The van der Waals surface area contributed by atoms with Crippen molar-refractivity contribution in [3.05, 3.63) is 64.7 Å². The summed E-state index contributed by atoms with van der Waals surface area (Å²) in [5.74, 6) is -0.389. The van der Waals surface area contributed by atoms with Crippen LogP contribution in [0.2, 0.25) is 0 Å². The van der Waals surface area contributed by atoms with E-state index >= 15 is 0 Å². The maximum atomic E-state index is 13.1. The molecule has 1 heterocycles. The lowest BCUT2D eigenvalue weighted by Gasteiger charge is -2.07. The first-order valence-electron chi connectivity index (χ1n) is 6.38. The van der Waals surface area contributed by atoms with E-state index in [2.05, 4.69) is 4.98 Å². The van der Waals surface area contributed by atoms with Gasteiger partial charge in [0.15, 0.2) is 6.29 Å². The molecule has 0 amide bonds. The molecule has 0 unspecified atom stereocenters. The van der Waals surface area contributed by atoms with Crippen molar-refractivity contribution in [2.45, 2.75) is 20.8 Å². The van der Waals surface area contributed by atoms with Crippen LogP contribution in [0.5, 0.6) is 0 Å². The summed E-state index contributed by atoms with van der Waals surface area (Å²) in [6.07, 6.45) is 2.11. The molecule has 3 nitrogen and oxygen atoms in total. The van der Waals surface area contributed by atoms with Gasteiger partial charge in [-0.25, -0.2) is 4.39 Å². The summed E-state index contributed by atoms with van der Waals surface area (Å²) in [5, 5.41) is 8.02. The number of benzene rings is 1. The minimum absolute atomic E-state index is 0.143. The Labute approximate surface area is 118 Å². The number of carbonyl (C=O) groups is 1. The normalized spacial score (nSPS) is 9.40. The molecule has 2 aromatic rings. The lowest BCUT2D eigenvalue weighted by Crippen LogP contribution is -2.07. The van der Waals surface area contributed by atoms with Crippen LogP contribution >= 0.6 is 0 Å². The molecule has 104 valence electrons. The highest BCUT2D eigenvalue weighted by Crippen LogP contribution is 2.13. The number of halogens is 1. The third-order valence-corrected chi connectivity index (χ3v) is 2.59. The molecule has 2 rings (SSSR count). The molecule has 1 aromatic carbocycles. The van der Waals surface area contributed by atoms with Gasteiger partial charge in [0.05, 0.1) is 11.4 Å². The van der Waals surface area contributed by atoms with Crippen molar-refractivity contribution in [3.63, 3.8) is 0 Å². The minimum Gasteiger partial charge on any atom is -0.298 e. The van der Waals surface area contributed by atoms with Gasteiger partial charge >= 0.3 is 0 Å². The van der Waals surface area contributed by atoms with E-state index in [4.69, 9.17) is 5.41 Å². The van der Waals surface area contributed by atoms with E-state index < -0.39 is 0 Å². The van der Waals surface area contributed by atoms with E-state index in [1.54, 1.807) is 25.1 Å². The standard InChI is InChI=1S/C14H11FN2O.C2H6/c1-9-5-10(8-18)7-17-14(9)13(16)11-3-2-4-12(15)6-11;1-2/h2-8,16H,1H3;1-2H3. The van der Waals surface area contributed by atoms with Crippen molar-refractivity contribution in [2.75, 3.05) is 0 Å². The van der Waals surface area contributed by atoms with Crippen molar-refractivity contribution < 1.29 is 9.18 Å². The maximum Gasteiger partial charge on any atom is 0.151 e. The first kappa shape index (κ1) is 15.7. The molecule has 0 spiro atoms. The molecule has 0 atom stereocenters. The number of hydrogen-bond donors (Lipinski definition) is 1. The molecule has 0 aliphatic heterocycles. The lowest BCUT2D eigenvalue weighted by atomic mass is 10.0. The van der Waals surface area contributed by atoms with Crippen LogP contribution in [0.3, 0.4) is 0 Å². The second kappa shape index (κ2) is 7.28. The highest BCUT2D eigenvalue weighted by atomic mass is 19.1. The Hall–Kier alpha value is -2.36. The number of aromatic nitrogens is 1. The quantitative estimate of drug-likeness (QED) is 0.682. The molecule has 0 saturated heterocycles. The summed E-state index contributed by atoms with van der Waals surface area (Å²) in [4.78, 5) is 14.7. The molecule has 0 aliphatic rings. The van der Waals surface area contributed by atoms with Crippen LogP contribution in [0.1, 0.15) is 41.0 Å². The van der Waals surface area contributed by atoms with E-state index in [0.29, 0.717) is 28.7 Å². The molecular weight excluding hydrogens is 255 g/mol. The highest BCUT2D eigenvalue weighted by molar-refractivity contribution is 6.10. The van der Waals surface area contributed by atoms with Gasteiger partial charge in [0.1, 0.15) is 5.82 Å². The summed E-state index contributed by atoms with van der Waals surface area (Å²) in [6.45, 7) is 5.77. The summed E-state index contributed by atoms with van der Waals surface area (Å²) in [5.41, 5.74) is 2.23. The Morgan fingerprint density at radius 2 is 2.00 bits per heavy atom. The summed E-state index contributed by atoms with van der Waals surface area (Å²) in [6, 6.07) is 7.47. The second-order valence-electron chi connectivity index (χ2n) is 3.94. The molecule has 0 aliphatic carbocycles. The number of aldehydes is 1. The first-order valence-corrected chi connectivity index (χ1v) is 6.38. The molecule has 20 heavy (non-hydrogen) atoms. The van der Waals surface area contributed by atoms with Gasteiger partial charge in [0.25, 0.3) is 0 Å². The van der Waals surface area contributed by atoms with E-state index in [1.807, 2.05) is 13.8 Å². The molecule has 1 N–H and O–H groups in total. The van der Waals surface area contributed by atoms with Gasteiger partial charge in [-0.3, -0.25) is 15.2 Å². The van der Waals surface area contributed by atoms with Crippen LogP contribution in [0, 0.1) is 18.2 Å². The van der Waals surface area contributed by atoms with Crippen molar-refractivity contribution in [1.29, 1.82) is 5.41 Å². The van der Waals surface area contributed by atoms with E-state index in [0.717, 1.165) is 0 Å². The van der Waals surface area contributed by atoms with Crippen LogP contribution in [0.15, 0.2) is 36.5 Å². The monoisotopic (exact) mass is 272 g/mol. The second-order valence-corrected chi connectivity index (χ2v) is 3.94. The smallest absolute Gasteiger partial charge is 0.151 e. The Balaban J connectivity index is 0.000000956. The van der Waals surface area contributed by atoms with Gasteiger partial charge in [0, 0.05) is 17.3 Å². The summed E-state index contributed by atoms with van der Waals surface area (Å²) >= 11 is 0. The number of nitrogens with zero attached hydrogens (tertiary/aromatic N) is 1. The topological polar surface area (TPSA) is 53.8 Å². The zero-order valence-corrected chi connectivity index (χ0v) is 11.8. The predicted octanol–water partition coefficient (Wildman–Crippen LogP) is 3.78. The van der Waals surface area contributed by atoms with Crippen LogP contribution in [0.4, 0.5) is 4.39 Å². The predicted molar refractivity (Wildman–Crippen MR) is 78.0 cm³/mol. The van der Waals surface area contributed by atoms with Gasteiger partial charge in [0.2, 0.25) is 0 Å². The summed E-state index contributed by atoms with van der Waals surface area (Å²) in [7, 11) is 0. The lowest BCUT2D eigenvalue weighted by molar-refractivity contribution is 0.112. The number of nitrogens with one attached hydrogen (secondary N) is 1. The van der Waals surface area contributed by atoms with E-state index in [-0.39, 0.29) is 11.5 Å². The Morgan fingerprint density at radius 3 is 2.55 bits per heavy atom. The Morgan fingerprint density at radius 1 is 1.30 bits per heavy atom. The number of rotatable bonds is 3. The van der Waals surface area contributed by atoms with E-state index in [9.17, 15) is 9.18 Å². The third-order valence-electron chi connectivity index (χ3n) is 2.59. The Kier molecular flexibility index (Phi) is 5.72. The maximum absolute atomic E-state index is 13.1. The largest absolute Gasteiger partial charge is 0.298 e. The van der Waals surface area contributed by atoms with E-state index in [1.165, 1.54) is 18.3 Å². The van der Waals surface area contributed by atoms with Crippen LogP contribution in [-0.2, 0) is 0 Å². The third kappa shape index (κ3) is 3.57. The number of pyridine rings is 1. The average molecular weight is 272 g/mol. The first-order chi connectivity index (χ1) is 9.61. The molecule has 0 fully saturated rings. The van der Waals surface area contributed by atoms with Gasteiger partial charge in [-0.1, -0.05) is 26.0 Å². The molecular formula is C16H17FN2O. The number of carbonyl (C=O) groups excluding carboxylic acids is 1. The van der Waals surface area contributed by atoms with Crippen LogP contribution < -0.4 is 0 Å². The van der Waals surface area contributed by atoms with Crippen molar-refractivity contribution in [3.8, 4) is 0 Å². The minimum atomic E-state index is -0.389. The van der Waals surface area contributed by atoms with Crippen molar-refractivity contribution in [1.82, 2.24) is 4.98 Å². The van der Waals surface area contributed by atoms with Crippen LogP contribution in [0.25, 0.3) is 0 Å². The number of aryl methyl sites for hydroxylation is 1. The van der Waals surface area contributed by atoms with Gasteiger partial charge in [-0.2, -0.15) is 0 Å². The van der Waals surface area contributed by atoms with Gasteiger partial charge in [-0.05, 0) is 30.7 Å². The average Bonchev–Trinajstić information content (AvgIpc) is 2.48. The molecule has 4 heteroatoms. The summed E-state index contributed by atoms with van der Waals surface area (Å²) < 4.78 is 13.1. The van der Waals surface area contributed by atoms with Crippen molar-refractivity contribution >= 4 is 12.0 Å². The molecule has 0 bridgehead atoms.